The Labute approximate surface area is 85.8 Å². The van der Waals surface area contributed by atoms with Crippen LogP contribution in [0.15, 0.2) is 12.1 Å². The van der Waals surface area contributed by atoms with Crippen molar-refractivity contribution in [3.63, 3.8) is 0 Å². The van der Waals surface area contributed by atoms with Crippen LogP contribution in [0.25, 0.3) is 0 Å². The number of benzene rings is 1. The van der Waals surface area contributed by atoms with Gasteiger partial charge in [0.25, 0.3) is 0 Å². The van der Waals surface area contributed by atoms with Crippen molar-refractivity contribution in [1.82, 2.24) is 0 Å². The number of methoxy groups -OCH3 is 1. The van der Waals surface area contributed by atoms with Crippen LogP contribution in [0.3, 0.4) is 0 Å². The second kappa shape index (κ2) is 4.84. The molecule has 0 aliphatic heterocycles. The normalized spacial score (nSPS) is 10.1. The lowest BCUT2D eigenvalue weighted by atomic mass is 10.1. The summed E-state index contributed by atoms with van der Waals surface area (Å²) in [6.07, 6.45) is 0.0709. The van der Waals surface area contributed by atoms with Gasteiger partial charge in [-0.2, -0.15) is 0 Å². The van der Waals surface area contributed by atoms with Crippen molar-refractivity contribution in [2.45, 2.75) is 6.42 Å². The van der Waals surface area contributed by atoms with Gasteiger partial charge < -0.3 is 10.5 Å². The molecule has 0 amide bonds. The number of nitrogens with two attached hydrogens (primary N) is 1. The van der Waals surface area contributed by atoms with Crippen molar-refractivity contribution in [3.05, 3.63) is 29.3 Å². The molecule has 0 atom stereocenters. The van der Waals surface area contributed by atoms with Gasteiger partial charge in [0, 0.05) is 12.5 Å². The smallest absolute Gasteiger partial charge is 0.167 e. The van der Waals surface area contributed by atoms with Gasteiger partial charge in [0.1, 0.15) is 5.75 Å². The van der Waals surface area contributed by atoms with Crippen LogP contribution in [0.1, 0.15) is 16.8 Å². The Bertz CT molecular complexity index is 380. The van der Waals surface area contributed by atoms with Gasteiger partial charge in [-0.1, -0.05) is 0 Å². The zero-order valence-electron chi connectivity index (χ0n) is 8.22. The van der Waals surface area contributed by atoms with E-state index in [0.29, 0.717) is 0 Å². The number of carbonyl (C=O) groups is 1. The van der Waals surface area contributed by atoms with E-state index in [1.54, 1.807) is 0 Å². The van der Waals surface area contributed by atoms with Gasteiger partial charge in [0.2, 0.25) is 0 Å². The van der Waals surface area contributed by atoms with Crippen molar-refractivity contribution in [1.29, 1.82) is 0 Å². The standard InChI is InChI=1S/C10H11F2NO2/c1-15-10-5-8(12)7(11)4-6(10)9(14)2-3-13/h4-5H,2-3,13H2,1H3. The van der Waals surface area contributed by atoms with Gasteiger partial charge in [-0.05, 0) is 12.6 Å². The SMILES string of the molecule is COc1cc(F)c(F)cc1C(=O)CCN. The fourth-order valence-electron chi connectivity index (χ4n) is 1.18. The summed E-state index contributed by atoms with van der Waals surface area (Å²) in [5, 5.41) is 0. The summed E-state index contributed by atoms with van der Waals surface area (Å²) < 4.78 is 30.5. The fourth-order valence-corrected chi connectivity index (χ4v) is 1.18. The van der Waals surface area contributed by atoms with E-state index in [1.807, 2.05) is 0 Å². The number of ether oxygens (including phenoxy) is 1. The van der Waals surface area contributed by atoms with E-state index in [0.717, 1.165) is 12.1 Å². The number of hydrogen-bond acceptors (Lipinski definition) is 3. The molecule has 1 aromatic carbocycles. The molecule has 0 aliphatic rings. The Kier molecular flexibility index (Phi) is 3.74. The predicted molar refractivity (Wildman–Crippen MR) is 50.9 cm³/mol. The van der Waals surface area contributed by atoms with Crippen LogP contribution in [0.2, 0.25) is 0 Å². The first kappa shape index (κ1) is 11.6. The highest BCUT2D eigenvalue weighted by atomic mass is 19.2. The molecule has 3 nitrogen and oxygen atoms in total. The minimum absolute atomic E-state index is 0.0156. The summed E-state index contributed by atoms with van der Waals surface area (Å²) in [5.74, 6) is -2.46. The van der Waals surface area contributed by atoms with Gasteiger partial charge >= 0.3 is 0 Å². The van der Waals surface area contributed by atoms with Crippen LogP contribution >= 0.6 is 0 Å². The van der Waals surface area contributed by atoms with Gasteiger partial charge in [-0.25, -0.2) is 8.78 Å². The van der Waals surface area contributed by atoms with Crippen molar-refractivity contribution < 1.29 is 18.3 Å². The monoisotopic (exact) mass is 215 g/mol. The lowest BCUT2D eigenvalue weighted by Gasteiger charge is -2.07. The number of rotatable bonds is 4. The molecule has 1 aromatic rings. The highest BCUT2D eigenvalue weighted by molar-refractivity contribution is 5.98. The Morgan fingerprint density at radius 3 is 2.53 bits per heavy atom. The topological polar surface area (TPSA) is 52.3 Å². The highest BCUT2D eigenvalue weighted by Crippen LogP contribution is 2.23. The molecule has 15 heavy (non-hydrogen) atoms. The fraction of sp³-hybridized carbons (Fsp3) is 0.300. The van der Waals surface area contributed by atoms with E-state index in [9.17, 15) is 13.6 Å². The maximum absolute atomic E-state index is 12.9. The molecule has 5 heteroatoms. The van der Waals surface area contributed by atoms with Crippen molar-refractivity contribution in [3.8, 4) is 5.75 Å². The molecule has 0 unspecified atom stereocenters. The summed E-state index contributed by atoms with van der Waals surface area (Å²) >= 11 is 0. The van der Waals surface area contributed by atoms with E-state index in [2.05, 4.69) is 0 Å². The molecule has 2 N–H and O–H groups in total. The van der Waals surface area contributed by atoms with E-state index in [4.69, 9.17) is 10.5 Å². The third-order valence-electron chi connectivity index (χ3n) is 1.91. The van der Waals surface area contributed by atoms with E-state index >= 15 is 0 Å². The first-order valence-corrected chi connectivity index (χ1v) is 4.36. The molecule has 0 aliphatic carbocycles. The molecule has 0 heterocycles. The van der Waals surface area contributed by atoms with E-state index in [-0.39, 0.29) is 30.1 Å². The lowest BCUT2D eigenvalue weighted by molar-refractivity contribution is 0.0982. The number of halogens is 2. The maximum atomic E-state index is 12.9. The van der Waals surface area contributed by atoms with Crippen molar-refractivity contribution in [2.24, 2.45) is 5.73 Å². The minimum Gasteiger partial charge on any atom is -0.496 e. The first-order chi connectivity index (χ1) is 7.10. The quantitative estimate of drug-likeness (QED) is 0.774. The molecule has 0 radical (unpaired) electrons. The van der Waals surface area contributed by atoms with Crippen LogP contribution < -0.4 is 10.5 Å². The van der Waals surface area contributed by atoms with Crippen LogP contribution in [-0.4, -0.2) is 19.4 Å². The average molecular weight is 215 g/mol. The minimum atomic E-state index is -1.07. The Morgan fingerprint density at radius 1 is 1.40 bits per heavy atom. The highest BCUT2D eigenvalue weighted by Gasteiger charge is 2.15. The second-order valence-corrected chi connectivity index (χ2v) is 2.93. The Morgan fingerprint density at radius 2 is 2.00 bits per heavy atom. The zero-order chi connectivity index (χ0) is 11.4. The summed E-state index contributed by atoms with van der Waals surface area (Å²) in [6, 6.07) is 1.67. The second-order valence-electron chi connectivity index (χ2n) is 2.93. The Hall–Kier alpha value is -1.49. The number of hydrogen-bond donors (Lipinski definition) is 1. The predicted octanol–water partition coefficient (Wildman–Crippen LogP) is 1.50. The maximum Gasteiger partial charge on any atom is 0.167 e. The largest absolute Gasteiger partial charge is 0.496 e. The van der Waals surface area contributed by atoms with E-state index in [1.165, 1.54) is 7.11 Å². The van der Waals surface area contributed by atoms with E-state index < -0.39 is 11.6 Å². The molecule has 0 bridgehead atoms. The summed E-state index contributed by atoms with van der Waals surface area (Å²) in [4.78, 5) is 11.4. The molecule has 0 spiro atoms. The zero-order valence-corrected chi connectivity index (χ0v) is 8.22. The molecular weight excluding hydrogens is 204 g/mol. The Balaban J connectivity index is 3.15. The van der Waals surface area contributed by atoms with Gasteiger partial charge in [0.05, 0.1) is 12.7 Å². The lowest BCUT2D eigenvalue weighted by Crippen LogP contribution is -2.10. The summed E-state index contributed by atoms with van der Waals surface area (Å²) in [5.41, 5.74) is 5.21. The average Bonchev–Trinajstić information content (AvgIpc) is 2.21. The molecule has 0 fully saturated rings. The van der Waals surface area contributed by atoms with Crippen molar-refractivity contribution in [2.75, 3.05) is 13.7 Å². The van der Waals surface area contributed by atoms with Gasteiger partial charge in [0.15, 0.2) is 17.4 Å². The number of Topliss-reactive ketones (excluding diaryl/α,β-unsaturated/α-hetero) is 1. The third kappa shape index (κ3) is 2.50. The van der Waals surface area contributed by atoms with Gasteiger partial charge in [-0.15, -0.1) is 0 Å². The third-order valence-corrected chi connectivity index (χ3v) is 1.91. The molecule has 0 saturated heterocycles. The summed E-state index contributed by atoms with van der Waals surface area (Å²) in [6.45, 7) is 0.154. The van der Waals surface area contributed by atoms with Crippen LogP contribution in [0.5, 0.6) is 5.75 Å². The molecule has 82 valence electrons. The van der Waals surface area contributed by atoms with Crippen LogP contribution in [0, 0.1) is 11.6 Å². The first-order valence-electron chi connectivity index (χ1n) is 4.36. The molecule has 0 aromatic heterocycles. The summed E-state index contributed by atoms with van der Waals surface area (Å²) in [7, 11) is 1.28. The molecular formula is C10H11F2NO2. The van der Waals surface area contributed by atoms with Crippen molar-refractivity contribution >= 4 is 5.78 Å². The number of carbonyl (C=O) groups excluding carboxylic acids is 1. The number of ketones is 1. The van der Waals surface area contributed by atoms with Gasteiger partial charge in [-0.3, -0.25) is 4.79 Å². The van der Waals surface area contributed by atoms with Crippen LogP contribution in [-0.2, 0) is 0 Å². The molecule has 0 saturated carbocycles. The van der Waals surface area contributed by atoms with Crippen LogP contribution in [0.4, 0.5) is 8.78 Å². The molecule has 1 rings (SSSR count).